The molecule has 2 aromatic carbocycles. The molecular weight excluding hydrogens is 338 g/mol. The molecule has 0 radical (unpaired) electrons. The van der Waals surface area contributed by atoms with Crippen LogP contribution in [0.4, 0.5) is 0 Å². The van der Waals surface area contributed by atoms with Gasteiger partial charge in [-0.3, -0.25) is 4.79 Å². The third-order valence-corrected chi connectivity index (χ3v) is 4.55. The number of aryl methyl sites for hydroxylation is 1. The van der Waals surface area contributed by atoms with Gasteiger partial charge in [0.25, 0.3) is 0 Å². The highest BCUT2D eigenvalue weighted by molar-refractivity contribution is 5.76. The average molecular weight is 365 g/mol. The van der Waals surface area contributed by atoms with Crippen LogP contribution < -0.4 is 10.1 Å². The molecule has 1 aromatic heterocycles. The van der Waals surface area contributed by atoms with Crippen molar-refractivity contribution in [1.82, 2.24) is 14.9 Å². The summed E-state index contributed by atoms with van der Waals surface area (Å²) in [6, 6.07) is 16.2. The molecule has 3 aromatic rings. The minimum atomic E-state index is 0.100. The van der Waals surface area contributed by atoms with Crippen LogP contribution in [-0.2, 0) is 17.8 Å². The third kappa shape index (κ3) is 4.88. The first-order chi connectivity index (χ1) is 13.2. The van der Waals surface area contributed by atoms with E-state index >= 15 is 0 Å². The number of nitrogens with zero attached hydrogens (tertiary/aromatic N) is 2. The molecule has 0 aliphatic rings. The molecule has 0 spiro atoms. The van der Waals surface area contributed by atoms with Gasteiger partial charge in [0.2, 0.25) is 5.91 Å². The lowest BCUT2D eigenvalue weighted by Gasteiger charge is -2.12. The van der Waals surface area contributed by atoms with Crippen molar-refractivity contribution in [3.8, 4) is 5.75 Å². The van der Waals surface area contributed by atoms with Crippen molar-refractivity contribution in [3.63, 3.8) is 0 Å². The standard InChI is InChI=1S/C22H27N3O2/c1-3-8-22(26)23-14-13-21-24-18-10-5-6-11-19(18)25(21)15-16-27-20-12-7-4-9-17(20)2/h4-7,9-12H,3,8,13-16H2,1-2H3,(H,23,26). The Morgan fingerprint density at radius 2 is 1.93 bits per heavy atom. The van der Waals surface area contributed by atoms with E-state index in [1.807, 2.05) is 56.3 Å². The second kappa shape index (κ2) is 9.21. The molecule has 0 bridgehead atoms. The number of rotatable bonds is 9. The lowest BCUT2D eigenvalue weighted by molar-refractivity contribution is -0.121. The maximum Gasteiger partial charge on any atom is 0.219 e. The van der Waals surface area contributed by atoms with Crippen LogP contribution in [0.15, 0.2) is 48.5 Å². The number of amides is 1. The van der Waals surface area contributed by atoms with Crippen molar-refractivity contribution in [2.24, 2.45) is 0 Å². The number of para-hydroxylation sites is 3. The van der Waals surface area contributed by atoms with Crippen molar-refractivity contribution in [2.45, 2.75) is 39.7 Å². The summed E-state index contributed by atoms with van der Waals surface area (Å²) >= 11 is 0. The van der Waals surface area contributed by atoms with E-state index in [9.17, 15) is 4.79 Å². The number of carbonyl (C=O) groups excluding carboxylic acids is 1. The summed E-state index contributed by atoms with van der Waals surface area (Å²) in [4.78, 5) is 16.4. The summed E-state index contributed by atoms with van der Waals surface area (Å²) in [5, 5.41) is 2.97. The number of imidazole rings is 1. The number of benzene rings is 2. The van der Waals surface area contributed by atoms with E-state index in [1.54, 1.807) is 0 Å². The Hall–Kier alpha value is -2.82. The van der Waals surface area contributed by atoms with Gasteiger partial charge in [0.05, 0.1) is 17.6 Å². The van der Waals surface area contributed by atoms with Crippen LogP contribution in [0.1, 0.15) is 31.2 Å². The molecule has 1 amide bonds. The molecule has 142 valence electrons. The normalized spacial score (nSPS) is 10.9. The average Bonchev–Trinajstić information content (AvgIpc) is 3.01. The van der Waals surface area contributed by atoms with Gasteiger partial charge in [-0.15, -0.1) is 0 Å². The van der Waals surface area contributed by atoms with Gasteiger partial charge in [-0.1, -0.05) is 37.3 Å². The van der Waals surface area contributed by atoms with Crippen molar-refractivity contribution in [2.75, 3.05) is 13.2 Å². The van der Waals surface area contributed by atoms with E-state index in [0.717, 1.165) is 34.6 Å². The molecule has 0 aliphatic carbocycles. The zero-order chi connectivity index (χ0) is 19.1. The number of aromatic nitrogens is 2. The molecular formula is C22H27N3O2. The number of fused-ring (bicyclic) bond motifs is 1. The Labute approximate surface area is 160 Å². The highest BCUT2D eigenvalue weighted by atomic mass is 16.5. The Morgan fingerprint density at radius 1 is 1.15 bits per heavy atom. The highest BCUT2D eigenvalue weighted by Gasteiger charge is 2.11. The van der Waals surface area contributed by atoms with Gasteiger partial charge in [0.1, 0.15) is 18.2 Å². The number of nitrogens with one attached hydrogen (secondary N) is 1. The Bertz CT molecular complexity index is 901. The molecule has 0 saturated carbocycles. The first-order valence-corrected chi connectivity index (χ1v) is 9.58. The zero-order valence-corrected chi connectivity index (χ0v) is 16.1. The maximum atomic E-state index is 11.7. The van der Waals surface area contributed by atoms with Crippen molar-refractivity contribution < 1.29 is 9.53 Å². The molecule has 5 heteroatoms. The van der Waals surface area contributed by atoms with Crippen LogP contribution in [0.25, 0.3) is 11.0 Å². The molecule has 5 nitrogen and oxygen atoms in total. The number of ether oxygens (including phenoxy) is 1. The first-order valence-electron chi connectivity index (χ1n) is 9.58. The molecule has 27 heavy (non-hydrogen) atoms. The lowest BCUT2D eigenvalue weighted by atomic mass is 10.2. The monoisotopic (exact) mass is 365 g/mol. The minimum absolute atomic E-state index is 0.100. The van der Waals surface area contributed by atoms with Crippen molar-refractivity contribution in [1.29, 1.82) is 0 Å². The summed E-state index contributed by atoms with van der Waals surface area (Å²) in [7, 11) is 0. The summed E-state index contributed by atoms with van der Waals surface area (Å²) in [6.45, 7) is 5.94. The molecule has 1 N–H and O–H groups in total. The van der Waals surface area contributed by atoms with E-state index in [-0.39, 0.29) is 5.91 Å². The van der Waals surface area contributed by atoms with Gasteiger partial charge in [0, 0.05) is 19.4 Å². The van der Waals surface area contributed by atoms with Crippen LogP contribution in [0, 0.1) is 6.92 Å². The lowest BCUT2D eigenvalue weighted by Crippen LogP contribution is -2.26. The Morgan fingerprint density at radius 3 is 2.74 bits per heavy atom. The van der Waals surface area contributed by atoms with Gasteiger partial charge in [-0.2, -0.15) is 0 Å². The second-order valence-electron chi connectivity index (χ2n) is 6.63. The summed E-state index contributed by atoms with van der Waals surface area (Å²) < 4.78 is 8.16. The zero-order valence-electron chi connectivity index (χ0n) is 16.1. The van der Waals surface area contributed by atoms with Crippen molar-refractivity contribution >= 4 is 16.9 Å². The number of hydrogen-bond donors (Lipinski definition) is 1. The fourth-order valence-corrected chi connectivity index (χ4v) is 3.16. The molecule has 0 fully saturated rings. The Balaban J connectivity index is 1.68. The first kappa shape index (κ1) is 19.0. The summed E-state index contributed by atoms with van der Waals surface area (Å²) in [5.74, 6) is 1.99. The van der Waals surface area contributed by atoms with E-state index in [4.69, 9.17) is 9.72 Å². The van der Waals surface area contributed by atoms with Crippen LogP contribution in [0.2, 0.25) is 0 Å². The predicted molar refractivity (Wildman–Crippen MR) is 108 cm³/mol. The summed E-state index contributed by atoms with van der Waals surface area (Å²) in [5.41, 5.74) is 3.20. The third-order valence-electron chi connectivity index (χ3n) is 4.55. The fourth-order valence-electron chi connectivity index (χ4n) is 3.16. The van der Waals surface area contributed by atoms with E-state index in [2.05, 4.69) is 16.0 Å². The Kier molecular flexibility index (Phi) is 6.47. The van der Waals surface area contributed by atoms with Crippen molar-refractivity contribution in [3.05, 3.63) is 59.9 Å². The molecule has 1 heterocycles. The maximum absolute atomic E-state index is 11.7. The molecule has 0 saturated heterocycles. The highest BCUT2D eigenvalue weighted by Crippen LogP contribution is 2.18. The minimum Gasteiger partial charge on any atom is -0.491 e. The predicted octanol–water partition coefficient (Wildman–Crippen LogP) is 3.88. The van der Waals surface area contributed by atoms with Gasteiger partial charge in [-0.25, -0.2) is 4.98 Å². The second-order valence-corrected chi connectivity index (χ2v) is 6.63. The van der Waals surface area contributed by atoms with Gasteiger partial charge in [-0.05, 0) is 37.1 Å². The topological polar surface area (TPSA) is 56.2 Å². The van der Waals surface area contributed by atoms with E-state index in [1.165, 1.54) is 0 Å². The smallest absolute Gasteiger partial charge is 0.219 e. The van der Waals surface area contributed by atoms with Crippen LogP contribution in [0.3, 0.4) is 0 Å². The largest absolute Gasteiger partial charge is 0.491 e. The number of carbonyl (C=O) groups is 1. The van der Waals surface area contributed by atoms with Gasteiger partial charge in [0.15, 0.2) is 0 Å². The molecule has 0 aliphatic heterocycles. The molecule has 0 atom stereocenters. The van der Waals surface area contributed by atoms with Crippen LogP contribution in [-0.4, -0.2) is 28.6 Å². The summed E-state index contributed by atoms with van der Waals surface area (Å²) in [6.07, 6.45) is 2.13. The van der Waals surface area contributed by atoms with Crippen LogP contribution >= 0.6 is 0 Å². The number of hydrogen-bond acceptors (Lipinski definition) is 3. The van der Waals surface area contributed by atoms with E-state index < -0.39 is 0 Å². The van der Waals surface area contributed by atoms with Crippen LogP contribution in [0.5, 0.6) is 5.75 Å². The SMILES string of the molecule is CCCC(=O)NCCc1nc2ccccc2n1CCOc1ccccc1C. The molecule has 3 rings (SSSR count). The van der Waals surface area contributed by atoms with Gasteiger partial charge >= 0.3 is 0 Å². The van der Waals surface area contributed by atoms with E-state index in [0.29, 0.717) is 32.5 Å². The van der Waals surface area contributed by atoms with Gasteiger partial charge < -0.3 is 14.6 Å². The fraction of sp³-hybridized carbons (Fsp3) is 0.364. The quantitative estimate of drug-likeness (QED) is 0.626. The molecule has 0 unspecified atom stereocenters.